The highest BCUT2D eigenvalue weighted by Gasteiger charge is 2.25. The molecule has 144 valence electrons. The molecule has 2 aromatic carbocycles. The fraction of sp³-hybridized carbons (Fsp3) is 0.435. The molecular formula is C23H29FN2O. The number of aryl methyl sites for hydroxylation is 2. The Morgan fingerprint density at radius 2 is 2.00 bits per heavy atom. The van der Waals surface area contributed by atoms with Gasteiger partial charge >= 0.3 is 0 Å². The lowest BCUT2D eigenvalue weighted by Gasteiger charge is -2.32. The third-order valence-electron chi connectivity index (χ3n) is 5.22. The molecule has 1 fully saturated rings. The molecule has 3 rings (SSSR count). The Balaban J connectivity index is 1.40. The minimum Gasteiger partial charge on any atom is -0.356 e. The molecule has 1 saturated heterocycles. The highest BCUT2D eigenvalue weighted by atomic mass is 19.1. The fourth-order valence-electron chi connectivity index (χ4n) is 3.78. The van der Waals surface area contributed by atoms with Crippen LogP contribution in [0.1, 0.15) is 36.0 Å². The van der Waals surface area contributed by atoms with E-state index in [1.165, 1.54) is 23.3 Å². The molecule has 1 aliphatic heterocycles. The van der Waals surface area contributed by atoms with Gasteiger partial charge in [-0.15, -0.1) is 0 Å². The topological polar surface area (TPSA) is 32.3 Å². The van der Waals surface area contributed by atoms with Crippen LogP contribution in [-0.4, -0.2) is 30.4 Å². The Hall–Kier alpha value is -2.20. The Labute approximate surface area is 161 Å². The molecule has 3 nitrogen and oxygen atoms in total. The number of carbonyl (C=O) groups excluding carboxylic acids is 1. The molecule has 0 spiro atoms. The standard InChI is InChI=1S/C23H29FN2O/c1-18-5-2-6-19(15-18)7-3-13-25-23(27)21-8-4-14-26(17-21)16-20-9-11-22(24)12-10-20/h2,5-6,9-12,15,21H,3-4,7-8,13-14,16-17H2,1H3,(H,25,27)/t21-/m0/s1. The van der Waals surface area contributed by atoms with E-state index in [1.54, 1.807) is 0 Å². The summed E-state index contributed by atoms with van der Waals surface area (Å²) in [4.78, 5) is 14.8. The van der Waals surface area contributed by atoms with Gasteiger partial charge in [0.15, 0.2) is 0 Å². The van der Waals surface area contributed by atoms with Gasteiger partial charge in [-0.1, -0.05) is 42.0 Å². The number of halogens is 1. The van der Waals surface area contributed by atoms with E-state index in [0.717, 1.165) is 57.4 Å². The molecule has 1 heterocycles. The number of amides is 1. The van der Waals surface area contributed by atoms with Crippen LogP contribution in [0.3, 0.4) is 0 Å². The van der Waals surface area contributed by atoms with Gasteiger partial charge in [0.1, 0.15) is 5.82 Å². The first-order chi connectivity index (χ1) is 13.1. The summed E-state index contributed by atoms with van der Waals surface area (Å²) in [7, 11) is 0. The normalized spacial score (nSPS) is 17.6. The number of hydrogen-bond acceptors (Lipinski definition) is 2. The Kier molecular flexibility index (Phi) is 6.99. The summed E-state index contributed by atoms with van der Waals surface area (Å²) in [5.74, 6) is 0.0153. The summed E-state index contributed by atoms with van der Waals surface area (Å²) in [6.07, 6.45) is 3.93. The SMILES string of the molecule is Cc1cccc(CCCNC(=O)[C@H]2CCCN(Cc3ccc(F)cc3)C2)c1. The van der Waals surface area contributed by atoms with Crippen molar-refractivity contribution in [2.45, 2.75) is 39.2 Å². The molecule has 1 N–H and O–H groups in total. The summed E-state index contributed by atoms with van der Waals surface area (Å²) < 4.78 is 13.0. The third-order valence-corrected chi connectivity index (χ3v) is 5.22. The average Bonchev–Trinajstić information content (AvgIpc) is 2.67. The largest absolute Gasteiger partial charge is 0.356 e. The maximum Gasteiger partial charge on any atom is 0.224 e. The smallest absolute Gasteiger partial charge is 0.224 e. The second-order valence-corrected chi connectivity index (χ2v) is 7.58. The highest BCUT2D eigenvalue weighted by molar-refractivity contribution is 5.78. The molecular weight excluding hydrogens is 339 g/mol. The zero-order valence-electron chi connectivity index (χ0n) is 16.1. The summed E-state index contributed by atoms with van der Waals surface area (Å²) in [6, 6.07) is 15.2. The molecule has 0 aromatic heterocycles. The van der Waals surface area contributed by atoms with Crippen LogP contribution >= 0.6 is 0 Å². The van der Waals surface area contributed by atoms with E-state index in [4.69, 9.17) is 0 Å². The van der Waals surface area contributed by atoms with Gasteiger partial charge in [-0.2, -0.15) is 0 Å². The predicted octanol–water partition coefficient (Wildman–Crippen LogP) is 4.10. The van der Waals surface area contributed by atoms with Crippen molar-refractivity contribution in [2.24, 2.45) is 5.92 Å². The number of nitrogens with one attached hydrogen (secondary N) is 1. The molecule has 1 aliphatic rings. The van der Waals surface area contributed by atoms with E-state index in [1.807, 2.05) is 12.1 Å². The van der Waals surface area contributed by atoms with Crippen molar-refractivity contribution in [3.63, 3.8) is 0 Å². The zero-order chi connectivity index (χ0) is 19.1. The van der Waals surface area contributed by atoms with E-state index in [-0.39, 0.29) is 17.6 Å². The van der Waals surface area contributed by atoms with E-state index < -0.39 is 0 Å². The van der Waals surface area contributed by atoms with Crippen molar-refractivity contribution in [1.29, 1.82) is 0 Å². The zero-order valence-corrected chi connectivity index (χ0v) is 16.1. The number of rotatable bonds is 7. The quantitative estimate of drug-likeness (QED) is 0.747. The molecule has 0 saturated carbocycles. The average molecular weight is 368 g/mol. The van der Waals surface area contributed by atoms with Crippen molar-refractivity contribution >= 4 is 5.91 Å². The van der Waals surface area contributed by atoms with Crippen molar-refractivity contribution < 1.29 is 9.18 Å². The maximum absolute atomic E-state index is 13.0. The first kappa shape index (κ1) is 19.6. The van der Waals surface area contributed by atoms with Gasteiger partial charge < -0.3 is 5.32 Å². The second kappa shape index (κ2) is 9.65. The van der Waals surface area contributed by atoms with E-state index >= 15 is 0 Å². The number of nitrogens with zero attached hydrogens (tertiary/aromatic N) is 1. The first-order valence-corrected chi connectivity index (χ1v) is 9.90. The van der Waals surface area contributed by atoms with Gasteiger partial charge in [0.05, 0.1) is 5.92 Å². The molecule has 1 amide bonds. The monoisotopic (exact) mass is 368 g/mol. The molecule has 4 heteroatoms. The number of likely N-dealkylation sites (tertiary alicyclic amines) is 1. The minimum absolute atomic E-state index is 0.0539. The summed E-state index contributed by atoms with van der Waals surface area (Å²) in [5.41, 5.74) is 3.70. The number of piperidine rings is 1. The number of carbonyl (C=O) groups is 1. The molecule has 0 bridgehead atoms. The highest BCUT2D eigenvalue weighted by Crippen LogP contribution is 2.19. The lowest BCUT2D eigenvalue weighted by atomic mass is 9.96. The Bertz CT molecular complexity index is 744. The second-order valence-electron chi connectivity index (χ2n) is 7.58. The van der Waals surface area contributed by atoms with Gasteiger partial charge in [0.25, 0.3) is 0 Å². The van der Waals surface area contributed by atoms with Crippen LogP contribution < -0.4 is 5.32 Å². The van der Waals surface area contributed by atoms with Crippen molar-refractivity contribution in [3.05, 3.63) is 71.0 Å². The molecule has 0 radical (unpaired) electrons. The third kappa shape index (κ3) is 6.17. The maximum atomic E-state index is 13.0. The fourth-order valence-corrected chi connectivity index (χ4v) is 3.78. The molecule has 0 aliphatic carbocycles. The van der Waals surface area contributed by atoms with Gasteiger partial charge in [-0.25, -0.2) is 4.39 Å². The predicted molar refractivity (Wildman–Crippen MR) is 107 cm³/mol. The molecule has 2 aromatic rings. The first-order valence-electron chi connectivity index (χ1n) is 9.90. The van der Waals surface area contributed by atoms with E-state index in [9.17, 15) is 9.18 Å². The summed E-state index contributed by atoms with van der Waals surface area (Å²) in [6.45, 7) is 5.38. The summed E-state index contributed by atoms with van der Waals surface area (Å²) in [5, 5.41) is 3.11. The van der Waals surface area contributed by atoms with Crippen LogP contribution in [-0.2, 0) is 17.8 Å². The van der Waals surface area contributed by atoms with Gasteiger partial charge in [0, 0.05) is 19.6 Å². The number of benzene rings is 2. The van der Waals surface area contributed by atoms with Gasteiger partial charge in [-0.3, -0.25) is 9.69 Å². The van der Waals surface area contributed by atoms with Crippen LogP contribution in [0.25, 0.3) is 0 Å². The van der Waals surface area contributed by atoms with Crippen LogP contribution in [0.4, 0.5) is 4.39 Å². The van der Waals surface area contributed by atoms with E-state index in [0.29, 0.717) is 0 Å². The van der Waals surface area contributed by atoms with Crippen LogP contribution in [0.5, 0.6) is 0 Å². The Morgan fingerprint density at radius 1 is 1.19 bits per heavy atom. The van der Waals surface area contributed by atoms with Gasteiger partial charge in [-0.05, 0) is 62.4 Å². The lowest BCUT2D eigenvalue weighted by molar-refractivity contribution is -0.126. The molecule has 1 atom stereocenters. The van der Waals surface area contributed by atoms with Crippen LogP contribution in [0.15, 0.2) is 48.5 Å². The van der Waals surface area contributed by atoms with Crippen molar-refractivity contribution in [3.8, 4) is 0 Å². The van der Waals surface area contributed by atoms with Crippen molar-refractivity contribution in [1.82, 2.24) is 10.2 Å². The lowest BCUT2D eigenvalue weighted by Crippen LogP contribution is -2.42. The van der Waals surface area contributed by atoms with Crippen LogP contribution in [0.2, 0.25) is 0 Å². The minimum atomic E-state index is -0.208. The Morgan fingerprint density at radius 3 is 2.78 bits per heavy atom. The molecule has 27 heavy (non-hydrogen) atoms. The number of hydrogen-bond donors (Lipinski definition) is 1. The van der Waals surface area contributed by atoms with Crippen molar-refractivity contribution in [2.75, 3.05) is 19.6 Å². The van der Waals surface area contributed by atoms with E-state index in [2.05, 4.69) is 41.4 Å². The molecule has 0 unspecified atom stereocenters. The summed E-state index contributed by atoms with van der Waals surface area (Å²) >= 11 is 0. The van der Waals surface area contributed by atoms with Crippen LogP contribution in [0, 0.1) is 18.7 Å². The van der Waals surface area contributed by atoms with Gasteiger partial charge in [0.2, 0.25) is 5.91 Å².